The Morgan fingerprint density at radius 3 is 2.69 bits per heavy atom. The fourth-order valence-corrected chi connectivity index (χ4v) is 3.69. The summed E-state index contributed by atoms with van der Waals surface area (Å²) in [4.78, 5) is 50.6. The largest absolute Gasteiger partial charge is 0.451 e. The quantitative estimate of drug-likeness (QED) is 0.543. The van der Waals surface area contributed by atoms with Crippen molar-refractivity contribution in [2.24, 2.45) is 5.92 Å². The molecular formula is C19H26N4O6. The van der Waals surface area contributed by atoms with Crippen molar-refractivity contribution in [3.63, 3.8) is 0 Å². The highest BCUT2D eigenvalue weighted by Crippen LogP contribution is 2.36. The molecule has 3 rings (SSSR count). The second kappa shape index (κ2) is 8.22. The highest BCUT2D eigenvalue weighted by molar-refractivity contribution is 6.08. The van der Waals surface area contributed by atoms with Gasteiger partial charge >= 0.3 is 12.0 Å². The van der Waals surface area contributed by atoms with Gasteiger partial charge in [-0.2, -0.15) is 0 Å². The number of nitrogens with one attached hydrogen (secondary N) is 2. The lowest BCUT2D eigenvalue weighted by Crippen LogP contribution is -2.49. The number of amides is 4. The molecule has 158 valence electrons. The van der Waals surface area contributed by atoms with E-state index in [9.17, 15) is 19.2 Å². The first kappa shape index (κ1) is 20.8. The number of carbonyl (C=O) groups excluding carboxylic acids is 4. The number of imide groups is 1. The van der Waals surface area contributed by atoms with Crippen LogP contribution in [-0.4, -0.2) is 52.1 Å². The lowest BCUT2D eigenvalue weighted by molar-refractivity contribution is -0.156. The van der Waals surface area contributed by atoms with Gasteiger partial charge in [-0.25, -0.2) is 4.79 Å². The molecule has 29 heavy (non-hydrogen) atoms. The van der Waals surface area contributed by atoms with E-state index in [0.29, 0.717) is 24.5 Å². The number of hydrogen-bond donors (Lipinski definition) is 2. The fourth-order valence-electron chi connectivity index (χ4n) is 3.69. The molecular weight excluding hydrogens is 380 g/mol. The molecule has 2 fully saturated rings. The first-order chi connectivity index (χ1) is 13.7. The van der Waals surface area contributed by atoms with Crippen LogP contribution in [-0.2, 0) is 19.1 Å². The van der Waals surface area contributed by atoms with Crippen molar-refractivity contribution in [3.8, 4) is 0 Å². The summed E-state index contributed by atoms with van der Waals surface area (Å²) in [5, 5.41) is 8.91. The summed E-state index contributed by atoms with van der Waals surface area (Å²) >= 11 is 0. The minimum Gasteiger partial charge on any atom is -0.451 e. The molecule has 2 heterocycles. The zero-order valence-corrected chi connectivity index (χ0v) is 16.8. The van der Waals surface area contributed by atoms with E-state index < -0.39 is 42.0 Å². The van der Waals surface area contributed by atoms with E-state index in [-0.39, 0.29) is 12.2 Å². The molecule has 4 amide bonds. The SMILES string of the molecule is CCC(OC(=O)CN1C(=O)NC2(CCC(C)CC2)C1=O)C(=O)Nc1cc(C)on1. The number of anilines is 1. The van der Waals surface area contributed by atoms with Gasteiger partial charge in [-0.3, -0.25) is 19.3 Å². The number of aromatic nitrogens is 1. The molecule has 1 saturated carbocycles. The van der Waals surface area contributed by atoms with Gasteiger partial charge in [0.25, 0.3) is 11.8 Å². The van der Waals surface area contributed by atoms with Gasteiger partial charge in [-0.15, -0.1) is 0 Å². The smallest absolute Gasteiger partial charge is 0.327 e. The van der Waals surface area contributed by atoms with Crippen molar-refractivity contribution in [1.29, 1.82) is 0 Å². The highest BCUT2D eigenvalue weighted by Gasteiger charge is 2.52. The summed E-state index contributed by atoms with van der Waals surface area (Å²) in [5.74, 6) is -0.555. The van der Waals surface area contributed by atoms with Crippen molar-refractivity contribution in [2.45, 2.75) is 64.5 Å². The molecule has 1 unspecified atom stereocenters. The number of aryl methyl sites for hydroxylation is 1. The standard InChI is InChI=1S/C19H26N4O6/c1-4-13(16(25)20-14-9-12(3)29-22-14)28-15(24)10-23-17(26)19(21-18(23)27)7-5-11(2)6-8-19/h9,11,13H,4-8,10H2,1-3H3,(H,21,27)(H,20,22,25). The van der Waals surface area contributed by atoms with Crippen LogP contribution >= 0.6 is 0 Å². The van der Waals surface area contributed by atoms with E-state index >= 15 is 0 Å². The average molecular weight is 406 g/mol. The maximum Gasteiger partial charge on any atom is 0.327 e. The van der Waals surface area contributed by atoms with E-state index in [1.165, 1.54) is 6.07 Å². The number of hydrogen-bond acceptors (Lipinski definition) is 7. The van der Waals surface area contributed by atoms with Gasteiger partial charge in [0, 0.05) is 6.07 Å². The van der Waals surface area contributed by atoms with E-state index in [2.05, 4.69) is 22.7 Å². The molecule has 0 radical (unpaired) electrons. The van der Waals surface area contributed by atoms with Gasteiger partial charge in [0.2, 0.25) is 0 Å². The van der Waals surface area contributed by atoms with Crippen LogP contribution in [0.1, 0.15) is 51.7 Å². The fraction of sp³-hybridized carbons (Fsp3) is 0.632. The lowest BCUT2D eigenvalue weighted by atomic mass is 9.77. The molecule has 10 heteroatoms. The minimum absolute atomic E-state index is 0.213. The maximum absolute atomic E-state index is 12.8. The zero-order chi connectivity index (χ0) is 21.2. The Hall–Kier alpha value is -2.91. The number of esters is 1. The second-order valence-electron chi connectivity index (χ2n) is 7.78. The van der Waals surface area contributed by atoms with Crippen LogP contribution in [0.2, 0.25) is 0 Å². The molecule has 1 aliphatic heterocycles. The third-order valence-electron chi connectivity index (χ3n) is 5.48. The van der Waals surface area contributed by atoms with Gasteiger partial charge < -0.3 is 19.9 Å². The van der Waals surface area contributed by atoms with Crippen LogP contribution in [0.25, 0.3) is 0 Å². The molecule has 0 aromatic carbocycles. The molecule has 2 aliphatic rings. The van der Waals surface area contributed by atoms with Crippen molar-refractivity contribution < 1.29 is 28.4 Å². The lowest BCUT2D eigenvalue weighted by Gasteiger charge is -2.33. The molecule has 1 aromatic rings. The number of nitrogens with zero attached hydrogens (tertiary/aromatic N) is 2. The highest BCUT2D eigenvalue weighted by atomic mass is 16.5. The van der Waals surface area contributed by atoms with Crippen LogP contribution in [0, 0.1) is 12.8 Å². The van der Waals surface area contributed by atoms with Gasteiger partial charge in [-0.05, 0) is 44.9 Å². The van der Waals surface area contributed by atoms with E-state index in [1.807, 2.05) is 0 Å². The number of rotatable bonds is 6. The Labute approximate surface area is 168 Å². The monoisotopic (exact) mass is 406 g/mol. The Morgan fingerprint density at radius 2 is 2.10 bits per heavy atom. The van der Waals surface area contributed by atoms with Gasteiger partial charge in [0.05, 0.1) is 0 Å². The number of ether oxygens (including phenoxy) is 1. The van der Waals surface area contributed by atoms with Crippen molar-refractivity contribution in [3.05, 3.63) is 11.8 Å². The number of urea groups is 1. The molecule has 0 bridgehead atoms. The summed E-state index contributed by atoms with van der Waals surface area (Å²) in [7, 11) is 0. The Kier molecular flexibility index (Phi) is 5.90. The third kappa shape index (κ3) is 4.41. The van der Waals surface area contributed by atoms with Crippen LogP contribution < -0.4 is 10.6 Å². The first-order valence-electron chi connectivity index (χ1n) is 9.82. The van der Waals surface area contributed by atoms with Crippen LogP contribution in [0.3, 0.4) is 0 Å². The van der Waals surface area contributed by atoms with Crippen LogP contribution in [0.15, 0.2) is 10.6 Å². The second-order valence-corrected chi connectivity index (χ2v) is 7.78. The van der Waals surface area contributed by atoms with E-state index in [4.69, 9.17) is 9.26 Å². The zero-order valence-electron chi connectivity index (χ0n) is 16.8. The summed E-state index contributed by atoms with van der Waals surface area (Å²) in [6.45, 7) is 4.93. The van der Waals surface area contributed by atoms with Gasteiger partial charge in [0.1, 0.15) is 17.8 Å². The van der Waals surface area contributed by atoms with Gasteiger partial charge in [0.15, 0.2) is 11.9 Å². The third-order valence-corrected chi connectivity index (χ3v) is 5.48. The molecule has 10 nitrogen and oxygen atoms in total. The van der Waals surface area contributed by atoms with Crippen LogP contribution in [0.4, 0.5) is 10.6 Å². The molecule has 1 aliphatic carbocycles. The number of carbonyl (C=O) groups is 4. The predicted octanol–water partition coefficient (Wildman–Crippen LogP) is 1.74. The van der Waals surface area contributed by atoms with Gasteiger partial charge in [-0.1, -0.05) is 19.0 Å². The normalized spacial score (nSPS) is 25.1. The molecule has 1 atom stereocenters. The van der Waals surface area contributed by atoms with Crippen LogP contribution in [0.5, 0.6) is 0 Å². The van der Waals surface area contributed by atoms with E-state index in [1.54, 1.807) is 13.8 Å². The molecule has 1 saturated heterocycles. The Bertz CT molecular complexity index is 811. The van der Waals surface area contributed by atoms with E-state index in [0.717, 1.165) is 17.7 Å². The Morgan fingerprint density at radius 1 is 1.41 bits per heavy atom. The molecule has 1 aromatic heterocycles. The molecule has 1 spiro atoms. The average Bonchev–Trinajstić information content (AvgIpc) is 3.18. The summed E-state index contributed by atoms with van der Waals surface area (Å²) in [6.07, 6.45) is 1.93. The summed E-state index contributed by atoms with van der Waals surface area (Å²) < 4.78 is 10.1. The first-order valence-corrected chi connectivity index (χ1v) is 9.82. The van der Waals surface area contributed by atoms with Crippen molar-refractivity contribution >= 4 is 29.6 Å². The summed E-state index contributed by atoms with van der Waals surface area (Å²) in [6, 6.07) is 0.932. The topological polar surface area (TPSA) is 131 Å². The summed E-state index contributed by atoms with van der Waals surface area (Å²) in [5.41, 5.74) is -0.920. The maximum atomic E-state index is 12.8. The predicted molar refractivity (Wildman–Crippen MR) is 101 cm³/mol. The van der Waals surface area contributed by atoms with Crippen molar-refractivity contribution in [2.75, 3.05) is 11.9 Å². The minimum atomic E-state index is -1.08. The van der Waals surface area contributed by atoms with Crippen molar-refractivity contribution in [1.82, 2.24) is 15.4 Å². The molecule has 2 N–H and O–H groups in total. The Balaban J connectivity index is 1.58.